The van der Waals surface area contributed by atoms with Gasteiger partial charge >= 0.3 is 0 Å². The topological polar surface area (TPSA) is 52.6 Å². The maximum atomic E-state index is 11.9. The number of phenols is 1. The molecule has 0 bridgehead atoms. The average Bonchev–Trinajstić information content (AvgIpc) is 2.42. The Morgan fingerprint density at radius 3 is 2.58 bits per heavy atom. The van der Waals surface area contributed by atoms with Crippen LogP contribution in [0.5, 0.6) is 5.75 Å². The maximum absolute atomic E-state index is 11.9. The van der Waals surface area contributed by atoms with Gasteiger partial charge in [-0.2, -0.15) is 0 Å². The number of hydrogen-bond acceptors (Lipinski definition) is 3. The van der Waals surface area contributed by atoms with Gasteiger partial charge in [0.2, 0.25) is 0 Å². The molecule has 0 aromatic heterocycles. The Labute approximate surface area is 115 Å². The van der Waals surface area contributed by atoms with E-state index >= 15 is 0 Å². The number of phenolic OH excluding ortho intramolecular Hbond substituents is 1. The van der Waals surface area contributed by atoms with Crippen molar-refractivity contribution in [2.75, 3.05) is 26.2 Å². The Morgan fingerprint density at radius 1 is 1.32 bits per heavy atom. The van der Waals surface area contributed by atoms with Crippen LogP contribution in [0.4, 0.5) is 0 Å². The van der Waals surface area contributed by atoms with Gasteiger partial charge in [0, 0.05) is 12.1 Å². The molecule has 0 saturated heterocycles. The SMILES string of the molecule is CCN(CC)CCCNC(=O)c1ccc(C)c(O)c1. The van der Waals surface area contributed by atoms with Crippen LogP contribution in [0.15, 0.2) is 18.2 Å². The molecule has 0 radical (unpaired) electrons. The highest BCUT2D eigenvalue weighted by atomic mass is 16.3. The van der Waals surface area contributed by atoms with Crippen LogP contribution in [0.2, 0.25) is 0 Å². The van der Waals surface area contributed by atoms with Crippen molar-refractivity contribution in [2.24, 2.45) is 0 Å². The number of aryl methyl sites for hydroxylation is 1. The summed E-state index contributed by atoms with van der Waals surface area (Å²) in [6.07, 6.45) is 0.936. The summed E-state index contributed by atoms with van der Waals surface area (Å²) in [5.74, 6) is 0.0330. The molecule has 106 valence electrons. The molecule has 0 heterocycles. The molecule has 0 spiro atoms. The summed E-state index contributed by atoms with van der Waals surface area (Å²) >= 11 is 0. The van der Waals surface area contributed by atoms with Crippen molar-refractivity contribution in [3.05, 3.63) is 29.3 Å². The zero-order chi connectivity index (χ0) is 14.3. The van der Waals surface area contributed by atoms with Crippen LogP contribution in [-0.4, -0.2) is 42.1 Å². The Bertz CT molecular complexity index is 415. The third-order valence-electron chi connectivity index (χ3n) is 3.30. The monoisotopic (exact) mass is 264 g/mol. The number of amides is 1. The molecular formula is C15H24N2O2. The number of nitrogens with zero attached hydrogens (tertiary/aromatic N) is 1. The molecule has 4 heteroatoms. The van der Waals surface area contributed by atoms with Crippen molar-refractivity contribution in [2.45, 2.75) is 27.2 Å². The van der Waals surface area contributed by atoms with Crippen LogP contribution in [0.1, 0.15) is 36.2 Å². The van der Waals surface area contributed by atoms with E-state index in [0.29, 0.717) is 12.1 Å². The van der Waals surface area contributed by atoms with E-state index in [-0.39, 0.29) is 11.7 Å². The fraction of sp³-hybridized carbons (Fsp3) is 0.533. The van der Waals surface area contributed by atoms with Gasteiger partial charge in [-0.3, -0.25) is 4.79 Å². The van der Waals surface area contributed by atoms with E-state index < -0.39 is 0 Å². The molecule has 0 aliphatic heterocycles. The van der Waals surface area contributed by atoms with Crippen LogP contribution in [-0.2, 0) is 0 Å². The summed E-state index contributed by atoms with van der Waals surface area (Å²) in [6.45, 7) is 9.80. The highest BCUT2D eigenvalue weighted by Gasteiger charge is 2.07. The van der Waals surface area contributed by atoms with Gasteiger partial charge in [0.15, 0.2) is 0 Å². The molecule has 1 rings (SSSR count). The van der Waals surface area contributed by atoms with E-state index in [1.54, 1.807) is 19.1 Å². The predicted molar refractivity (Wildman–Crippen MR) is 77.6 cm³/mol. The molecule has 0 atom stereocenters. The first-order valence-corrected chi connectivity index (χ1v) is 6.88. The number of carbonyl (C=O) groups excluding carboxylic acids is 1. The summed E-state index contributed by atoms with van der Waals surface area (Å²) in [5, 5.41) is 12.4. The fourth-order valence-corrected chi connectivity index (χ4v) is 1.90. The number of carbonyl (C=O) groups is 1. The van der Waals surface area contributed by atoms with Gasteiger partial charge in [-0.05, 0) is 50.7 Å². The molecule has 19 heavy (non-hydrogen) atoms. The van der Waals surface area contributed by atoms with Gasteiger partial charge in [-0.1, -0.05) is 19.9 Å². The molecule has 4 nitrogen and oxygen atoms in total. The first kappa shape index (κ1) is 15.5. The second-order valence-electron chi connectivity index (χ2n) is 4.64. The molecule has 1 aromatic rings. The number of hydrogen-bond donors (Lipinski definition) is 2. The lowest BCUT2D eigenvalue weighted by molar-refractivity contribution is 0.0951. The molecule has 1 aromatic carbocycles. The van der Waals surface area contributed by atoms with Gasteiger partial charge in [0.25, 0.3) is 5.91 Å². The zero-order valence-electron chi connectivity index (χ0n) is 12.1. The molecule has 0 fully saturated rings. The molecule has 2 N–H and O–H groups in total. The van der Waals surface area contributed by atoms with Crippen LogP contribution in [0.3, 0.4) is 0 Å². The Balaban J connectivity index is 2.37. The highest BCUT2D eigenvalue weighted by Crippen LogP contribution is 2.17. The van der Waals surface area contributed by atoms with Crippen LogP contribution < -0.4 is 5.32 Å². The molecule has 0 aliphatic carbocycles. The molecule has 0 aliphatic rings. The normalized spacial score (nSPS) is 10.7. The van der Waals surface area contributed by atoms with Crippen molar-refractivity contribution in [3.63, 3.8) is 0 Å². The summed E-state index contributed by atoms with van der Waals surface area (Å²) in [4.78, 5) is 14.2. The van der Waals surface area contributed by atoms with Crippen LogP contribution >= 0.6 is 0 Å². The van der Waals surface area contributed by atoms with Crippen LogP contribution in [0.25, 0.3) is 0 Å². The number of benzene rings is 1. The number of nitrogens with one attached hydrogen (secondary N) is 1. The largest absolute Gasteiger partial charge is 0.508 e. The number of aromatic hydroxyl groups is 1. The van der Waals surface area contributed by atoms with E-state index in [2.05, 4.69) is 24.1 Å². The minimum absolute atomic E-state index is 0.130. The summed E-state index contributed by atoms with van der Waals surface area (Å²) in [6, 6.07) is 4.99. The van der Waals surface area contributed by atoms with E-state index in [0.717, 1.165) is 31.6 Å². The quantitative estimate of drug-likeness (QED) is 0.742. The fourth-order valence-electron chi connectivity index (χ4n) is 1.90. The van der Waals surface area contributed by atoms with E-state index in [1.165, 1.54) is 6.07 Å². The van der Waals surface area contributed by atoms with Crippen molar-refractivity contribution in [1.82, 2.24) is 10.2 Å². The average molecular weight is 264 g/mol. The van der Waals surface area contributed by atoms with E-state index in [1.807, 2.05) is 0 Å². The Kier molecular flexibility index (Phi) is 6.36. The first-order chi connectivity index (χ1) is 9.08. The smallest absolute Gasteiger partial charge is 0.251 e. The molecular weight excluding hydrogens is 240 g/mol. The lowest BCUT2D eigenvalue weighted by Crippen LogP contribution is -2.29. The Morgan fingerprint density at radius 2 is 2.00 bits per heavy atom. The van der Waals surface area contributed by atoms with Crippen molar-refractivity contribution < 1.29 is 9.90 Å². The van der Waals surface area contributed by atoms with Crippen LogP contribution in [0, 0.1) is 6.92 Å². The number of rotatable bonds is 7. The predicted octanol–water partition coefficient (Wildman–Crippen LogP) is 2.16. The van der Waals surface area contributed by atoms with Gasteiger partial charge in [-0.15, -0.1) is 0 Å². The van der Waals surface area contributed by atoms with Gasteiger partial charge in [0.05, 0.1) is 0 Å². The van der Waals surface area contributed by atoms with Crippen molar-refractivity contribution in [1.29, 1.82) is 0 Å². The van der Waals surface area contributed by atoms with Gasteiger partial charge in [-0.25, -0.2) is 0 Å². The first-order valence-electron chi connectivity index (χ1n) is 6.88. The Hall–Kier alpha value is -1.55. The summed E-state index contributed by atoms with van der Waals surface area (Å²) < 4.78 is 0. The molecule has 1 amide bonds. The zero-order valence-corrected chi connectivity index (χ0v) is 12.1. The molecule has 0 saturated carbocycles. The van der Waals surface area contributed by atoms with Crippen molar-refractivity contribution in [3.8, 4) is 5.75 Å². The second-order valence-corrected chi connectivity index (χ2v) is 4.64. The van der Waals surface area contributed by atoms with E-state index in [4.69, 9.17) is 0 Å². The van der Waals surface area contributed by atoms with Gasteiger partial charge < -0.3 is 15.3 Å². The second kappa shape index (κ2) is 7.79. The third-order valence-corrected chi connectivity index (χ3v) is 3.30. The van der Waals surface area contributed by atoms with E-state index in [9.17, 15) is 9.90 Å². The minimum Gasteiger partial charge on any atom is -0.508 e. The molecule has 0 unspecified atom stereocenters. The summed E-state index contributed by atoms with van der Waals surface area (Å²) in [7, 11) is 0. The highest BCUT2D eigenvalue weighted by molar-refractivity contribution is 5.94. The maximum Gasteiger partial charge on any atom is 0.251 e. The standard InChI is InChI=1S/C15H24N2O2/c1-4-17(5-2)10-6-9-16-15(19)13-8-7-12(3)14(18)11-13/h7-8,11,18H,4-6,9-10H2,1-3H3,(H,16,19). The summed E-state index contributed by atoms with van der Waals surface area (Å²) in [5.41, 5.74) is 1.28. The lowest BCUT2D eigenvalue weighted by atomic mass is 10.1. The third kappa shape index (κ3) is 4.91. The lowest BCUT2D eigenvalue weighted by Gasteiger charge is -2.17. The van der Waals surface area contributed by atoms with Crippen molar-refractivity contribution >= 4 is 5.91 Å². The minimum atomic E-state index is -0.130. The van der Waals surface area contributed by atoms with Gasteiger partial charge in [0.1, 0.15) is 5.75 Å².